The Kier molecular flexibility index (Phi) is 2.68. The van der Waals surface area contributed by atoms with Gasteiger partial charge >= 0.3 is 0 Å². The quantitative estimate of drug-likeness (QED) is 0.732. The zero-order chi connectivity index (χ0) is 12.5. The molecular weight excluding hydrogens is 228 g/mol. The highest BCUT2D eigenvalue weighted by atomic mass is 16.5. The topological polar surface area (TPSA) is 54.4 Å². The van der Waals surface area contributed by atoms with Gasteiger partial charge in [0.1, 0.15) is 11.3 Å². The van der Waals surface area contributed by atoms with Crippen molar-refractivity contribution in [3.05, 3.63) is 30.1 Å². The predicted molar refractivity (Wildman–Crippen MR) is 71.2 cm³/mol. The smallest absolute Gasteiger partial charge is 0.212 e. The van der Waals surface area contributed by atoms with Gasteiger partial charge in [0.15, 0.2) is 0 Å². The third-order valence-electron chi connectivity index (χ3n) is 3.10. The summed E-state index contributed by atoms with van der Waals surface area (Å²) < 4.78 is 7.39. The third kappa shape index (κ3) is 1.64. The molecule has 0 amide bonds. The summed E-state index contributed by atoms with van der Waals surface area (Å²) in [6, 6.07) is 5.96. The molecule has 5 heteroatoms. The van der Waals surface area contributed by atoms with Crippen molar-refractivity contribution < 1.29 is 4.74 Å². The van der Waals surface area contributed by atoms with Crippen LogP contribution in [0.5, 0.6) is 5.75 Å². The first kappa shape index (κ1) is 11.1. The number of hydrogen-bond donors (Lipinski definition) is 2. The van der Waals surface area contributed by atoms with Crippen LogP contribution in [0, 0.1) is 0 Å². The van der Waals surface area contributed by atoms with Crippen LogP contribution in [-0.2, 0) is 6.42 Å². The minimum Gasteiger partial charge on any atom is -0.494 e. The maximum atomic E-state index is 5.32. The van der Waals surface area contributed by atoms with Crippen molar-refractivity contribution in [3.63, 3.8) is 0 Å². The van der Waals surface area contributed by atoms with Crippen LogP contribution in [0.3, 0.4) is 0 Å². The van der Waals surface area contributed by atoms with Crippen LogP contribution in [0.25, 0.3) is 16.8 Å². The molecule has 0 radical (unpaired) electrons. The number of ether oxygens (including phenoxy) is 1. The lowest BCUT2D eigenvalue weighted by Crippen LogP contribution is -2.10. The highest BCUT2D eigenvalue weighted by molar-refractivity contribution is 5.85. The monoisotopic (exact) mass is 244 g/mol. The molecule has 94 valence electrons. The highest BCUT2D eigenvalue weighted by Crippen LogP contribution is 2.25. The summed E-state index contributed by atoms with van der Waals surface area (Å²) >= 11 is 0. The van der Waals surface area contributed by atoms with Gasteiger partial charge < -0.3 is 15.0 Å². The molecule has 0 saturated carbocycles. The maximum absolute atomic E-state index is 5.32. The van der Waals surface area contributed by atoms with E-state index in [4.69, 9.17) is 4.74 Å². The Labute approximate surface area is 105 Å². The lowest BCUT2D eigenvalue weighted by atomic mass is 10.3. The van der Waals surface area contributed by atoms with Crippen LogP contribution < -0.4 is 10.1 Å². The summed E-state index contributed by atoms with van der Waals surface area (Å²) in [7, 11) is 3.62. The highest BCUT2D eigenvalue weighted by Gasteiger charge is 2.11. The average molecular weight is 244 g/mol. The second-order valence-corrected chi connectivity index (χ2v) is 4.27. The van der Waals surface area contributed by atoms with Crippen LogP contribution in [0.4, 0.5) is 0 Å². The number of benzene rings is 1. The van der Waals surface area contributed by atoms with Crippen molar-refractivity contribution in [2.24, 2.45) is 0 Å². The number of hydrogen-bond acceptors (Lipinski definition) is 3. The number of methoxy groups -OCH3 is 1. The number of para-hydroxylation sites is 1. The Morgan fingerprint density at radius 1 is 1.44 bits per heavy atom. The second kappa shape index (κ2) is 4.34. The van der Waals surface area contributed by atoms with E-state index in [1.165, 1.54) is 5.69 Å². The van der Waals surface area contributed by atoms with E-state index in [0.717, 1.165) is 35.5 Å². The van der Waals surface area contributed by atoms with Crippen molar-refractivity contribution in [3.8, 4) is 5.75 Å². The molecule has 0 fully saturated rings. The normalized spacial score (nSPS) is 11.4. The number of H-pyrrole nitrogens is 1. The number of imidazole rings is 2. The van der Waals surface area contributed by atoms with E-state index >= 15 is 0 Å². The van der Waals surface area contributed by atoms with Gasteiger partial charge in [-0.05, 0) is 19.2 Å². The molecule has 18 heavy (non-hydrogen) atoms. The van der Waals surface area contributed by atoms with E-state index in [9.17, 15) is 0 Å². The molecule has 0 aliphatic rings. The lowest BCUT2D eigenvalue weighted by molar-refractivity contribution is 0.419. The third-order valence-corrected chi connectivity index (χ3v) is 3.10. The molecule has 0 bridgehead atoms. The van der Waals surface area contributed by atoms with E-state index in [0.29, 0.717) is 0 Å². The van der Waals surface area contributed by atoms with Gasteiger partial charge in [0.25, 0.3) is 0 Å². The van der Waals surface area contributed by atoms with Gasteiger partial charge in [-0.2, -0.15) is 0 Å². The molecule has 3 aromatic rings. The number of likely N-dealkylation sites (N-methyl/N-ethyl adjacent to an activating group) is 1. The van der Waals surface area contributed by atoms with Crippen LogP contribution in [0.1, 0.15) is 5.69 Å². The zero-order valence-electron chi connectivity index (χ0n) is 10.5. The van der Waals surface area contributed by atoms with Crippen LogP contribution >= 0.6 is 0 Å². The minimum absolute atomic E-state index is 0.807. The molecule has 0 aliphatic carbocycles. The Hall–Kier alpha value is -2.01. The standard InChI is InChI=1S/C13H16N4O/c1-14-7-6-9-8-17-10-4-3-5-11(18-2)12(10)16-13(17)15-9/h3-5,8,14H,6-7H2,1-2H3,(H,15,16). The zero-order valence-corrected chi connectivity index (χ0v) is 10.5. The molecule has 0 unspecified atom stereocenters. The van der Waals surface area contributed by atoms with Gasteiger partial charge in [-0.3, -0.25) is 4.40 Å². The van der Waals surface area contributed by atoms with Crippen molar-refractivity contribution in [1.82, 2.24) is 19.7 Å². The number of aromatic amines is 1. The molecule has 5 nitrogen and oxygen atoms in total. The van der Waals surface area contributed by atoms with E-state index < -0.39 is 0 Å². The summed E-state index contributed by atoms with van der Waals surface area (Å²) in [6.07, 6.45) is 3.06. The van der Waals surface area contributed by atoms with Crippen LogP contribution in [-0.4, -0.2) is 35.1 Å². The Morgan fingerprint density at radius 2 is 2.33 bits per heavy atom. The molecule has 1 aromatic carbocycles. The molecule has 0 spiro atoms. The summed E-state index contributed by atoms with van der Waals surface area (Å²) in [5, 5.41) is 3.14. The molecular formula is C13H16N4O. The molecule has 2 N–H and O–H groups in total. The number of nitrogens with one attached hydrogen (secondary N) is 2. The number of nitrogens with zero attached hydrogens (tertiary/aromatic N) is 2. The van der Waals surface area contributed by atoms with Crippen molar-refractivity contribution in [2.45, 2.75) is 6.42 Å². The largest absolute Gasteiger partial charge is 0.494 e. The fraction of sp³-hybridized carbons (Fsp3) is 0.308. The molecule has 0 aliphatic heterocycles. The summed E-state index contributed by atoms with van der Waals surface area (Å²) in [4.78, 5) is 7.90. The SMILES string of the molecule is CNCCc1cn2c(nc3c(OC)cccc32)[nH]1. The molecule has 2 aromatic heterocycles. The Morgan fingerprint density at radius 3 is 3.11 bits per heavy atom. The maximum Gasteiger partial charge on any atom is 0.212 e. The van der Waals surface area contributed by atoms with Gasteiger partial charge in [-0.1, -0.05) is 6.07 Å². The Balaban J connectivity index is 2.13. The molecule has 3 rings (SSSR count). The predicted octanol–water partition coefficient (Wildman–Crippen LogP) is 1.59. The van der Waals surface area contributed by atoms with E-state index in [2.05, 4.69) is 25.9 Å². The first-order chi connectivity index (χ1) is 8.83. The van der Waals surface area contributed by atoms with Crippen LogP contribution in [0.2, 0.25) is 0 Å². The summed E-state index contributed by atoms with van der Waals surface area (Å²) in [5.74, 6) is 1.67. The van der Waals surface area contributed by atoms with Crippen molar-refractivity contribution >= 4 is 16.8 Å². The van der Waals surface area contributed by atoms with E-state index in [1.807, 2.05) is 25.2 Å². The number of aromatic nitrogens is 3. The van der Waals surface area contributed by atoms with Gasteiger partial charge in [-0.15, -0.1) is 0 Å². The fourth-order valence-electron chi connectivity index (χ4n) is 2.19. The number of fused-ring (bicyclic) bond motifs is 3. The molecule has 0 saturated heterocycles. The number of rotatable bonds is 4. The van der Waals surface area contributed by atoms with Gasteiger partial charge in [0.2, 0.25) is 5.78 Å². The van der Waals surface area contributed by atoms with Gasteiger partial charge in [0.05, 0.1) is 12.6 Å². The minimum atomic E-state index is 0.807. The lowest BCUT2D eigenvalue weighted by Gasteiger charge is -1.99. The second-order valence-electron chi connectivity index (χ2n) is 4.27. The molecule has 2 heterocycles. The van der Waals surface area contributed by atoms with E-state index in [-0.39, 0.29) is 0 Å². The van der Waals surface area contributed by atoms with Gasteiger partial charge in [-0.25, -0.2) is 4.98 Å². The fourth-order valence-corrected chi connectivity index (χ4v) is 2.19. The summed E-state index contributed by atoms with van der Waals surface area (Å²) in [5.41, 5.74) is 3.14. The van der Waals surface area contributed by atoms with Gasteiger partial charge in [0, 0.05) is 24.9 Å². The Bertz CT molecular complexity index is 683. The van der Waals surface area contributed by atoms with Crippen molar-refractivity contribution in [2.75, 3.05) is 20.7 Å². The first-order valence-corrected chi connectivity index (χ1v) is 6.00. The first-order valence-electron chi connectivity index (χ1n) is 6.00. The molecule has 0 atom stereocenters. The average Bonchev–Trinajstić information content (AvgIpc) is 2.93. The van der Waals surface area contributed by atoms with E-state index in [1.54, 1.807) is 7.11 Å². The summed E-state index contributed by atoms with van der Waals surface area (Å²) in [6.45, 7) is 0.949. The van der Waals surface area contributed by atoms with Crippen molar-refractivity contribution in [1.29, 1.82) is 0 Å². The van der Waals surface area contributed by atoms with Crippen LogP contribution in [0.15, 0.2) is 24.4 Å².